The Hall–Kier alpha value is -2.80. The molecular formula is C18H16N4O2S. The molecule has 0 fully saturated rings. The van der Waals surface area contributed by atoms with Crippen LogP contribution in [0.3, 0.4) is 0 Å². The van der Waals surface area contributed by atoms with Crippen molar-refractivity contribution in [1.29, 1.82) is 0 Å². The molecule has 3 N–H and O–H groups in total. The SMILES string of the molecule is CC(NC(=O)c1ccc2c(c1)NC(=O)CS2)c1nc2ccccc2[nH]1. The maximum absolute atomic E-state index is 12.5. The molecule has 0 saturated heterocycles. The molecule has 2 heterocycles. The van der Waals surface area contributed by atoms with Gasteiger partial charge in [0, 0.05) is 10.5 Å². The summed E-state index contributed by atoms with van der Waals surface area (Å²) in [6.07, 6.45) is 0. The lowest BCUT2D eigenvalue weighted by molar-refractivity contribution is -0.113. The standard InChI is InChI=1S/C18H16N4O2S/c1-10(17-21-12-4-2-3-5-13(12)22-17)19-18(24)11-6-7-15-14(8-11)20-16(23)9-25-15/h2-8,10H,9H2,1H3,(H,19,24)(H,20,23)(H,21,22). The van der Waals surface area contributed by atoms with E-state index in [9.17, 15) is 9.59 Å². The lowest BCUT2D eigenvalue weighted by Gasteiger charge is -2.17. The Morgan fingerprint density at radius 3 is 2.96 bits per heavy atom. The molecule has 1 atom stereocenters. The normalized spacial score (nSPS) is 14.7. The maximum atomic E-state index is 12.5. The third-order valence-corrected chi connectivity index (χ3v) is 5.11. The summed E-state index contributed by atoms with van der Waals surface area (Å²) in [7, 11) is 0. The molecule has 0 aliphatic carbocycles. The Bertz CT molecular complexity index is 949. The van der Waals surface area contributed by atoms with Gasteiger partial charge in [-0.05, 0) is 37.3 Å². The van der Waals surface area contributed by atoms with Gasteiger partial charge in [-0.2, -0.15) is 0 Å². The third-order valence-electron chi connectivity index (χ3n) is 4.04. The second-order valence-electron chi connectivity index (χ2n) is 5.88. The van der Waals surface area contributed by atoms with Gasteiger partial charge < -0.3 is 15.6 Å². The molecule has 4 rings (SSSR count). The van der Waals surface area contributed by atoms with E-state index in [2.05, 4.69) is 20.6 Å². The summed E-state index contributed by atoms with van der Waals surface area (Å²) in [5.41, 5.74) is 2.99. The number of imidazole rings is 1. The van der Waals surface area contributed by atoms with Crippen molar-refractivity contribution in [2.45, 2.75) is 17.9 Å². The first-order valence-corrected chi connectivity index (χ1v) is 8.91. The number of carbonyl (C=O) groups is 2. The highest BCUT2D eigenvalue weighted by Crippen LogP contribution is 2.32. The van der Waals surface area contributed by atoms with Crippen LogP contribution < -0.4 is 10.6 Å². The number of nitrogens with one attached hydrogen (secondary N) is 3. The number of anilines is 1. The van der Waals surface area contributed by atoms with Crippen molar-refractivity contribution in [2.75, 3.05) is 11.1 Å². The number of aromatic nitrogens is 2. The number of nitrogens with zero attached hydrogens (tertiary/aromatic N) is 1. The molecule has 2 amide bonds. The number of H-pyrrole nitrogens is 1. The van der Waals surface area contributed by atoms with Crippen LogP contribution in [0.15, 0.2) is 47.4 Å². The lowest BCUT2D eigenvalue weighted by atomic mass is 10.1. The molecule has 0 radical (unpaired) electrons. The van der Waals surface area contributed by atoms with E-state index in [1.165, 1.54) is 11.8 Å². The largest absolute Gasteiger partial charge is 0.342 e. The van der Waals surface area contributed by atoms with Gasteiger partial charge in [0.15, 0.2) is 0 Å². The molecule has 0 saturated carbocycles. The highest BCUT2D eigenvalue weighted by atomic mass is 32.2. The van der Waals surface area contributed by atoms with Gasteiger partial charge in [-0.25, -0.2) is 4.98 Å². The van der Waals surface area contributed by atoms with Crippen LogP contribution in [-0.2, 0) is 4.79 Å². The molecule has 1 aliphatic heterocycles. The van der Waals surface area contributed by atoms with Gasteiger partial charge in [-0.1, -0.05) is 12.1 Å². The molecule has 6 nitrogen and oxygen atoms in total. The Balaban J connectivity index is 1.53. The highest BCUT2D eigenvalue weighted by Gasteiger charge is 2.19. The number of hydrogen-bond acceptors (Lipinski definition) is 4. The fraction of sp³-hybridized carbons (Fsp3) is 0.167. The third kappa shape index (κ3) is 3.10. The Labute approximate surface area is 148 Å². The van der Waals surface area contributed by atoms with Crippen molar-refractivity contribution in [1.82, 2.24) is 15.3 Å². The molecule has 1 aromatic heterocycles. The zero-order valence-electron chi connectivity index (χ0n) is 13.5. The first-order chi connectivity index (χ1) is 12.1. The van der Waals surface area contributed by atoms with Crippen molar-refractivity contribution in [3.63, 3.8) is 0 Å². The minimum Gasteiger partial charge on any atom is -0.342 e. The van der Waals surface area contributed by atoms with Gasteiger partial charge in [0.2, 0.25) is 5.91 Å². The number of para-hydroxylation sites is 2. The average Bonchev–Trinajstić information content (AvgIpc) is 3.05. The fourth-order valence-corrected chi connectivity index (χ4v) is 3.54. The minimum atomic E-state index is -0.264. The van der Waals surface area contributed by atoms with E-state index in [4.69, 9.17) is 0 Å². The summed E-state index contributed by atoms with van der Waals surface area (Å²) in [6, 6.07) is 12.8. The molecule has 25 heavy (non-hydrogen) atoms. The topological polar surface area (TPSA) is 86.9 Å². The number of benzene rings is 2. The number of thioether (sulfide) groups is 1. The number of hydrogen-bond donors (Lipinski definition) is 3. The second-order valence-corrected chi connectivity index (χ2v) is 6.90. The molecule has 7 heteroatoms. The van der Waals surface area contributed by atoms with Crippen LogP contribution >= 0.6 is 11.8 Å². The van der Waals surface area contributed by atoms with E-state index in [1.807, 2.05) is 37.3 Å². The van der Waals surface area contributed by atoms with Crippen LogP contribution in [0.4, 0.5) is 5.69 Å². The van der Waals surface area contributed by atoms with Crippen molar-refractivity contribution in [2.24, 2.45) is 0 Å². The maximum Gasteiger partial charge on any atom is 0.251 e. The van der Waals surface area contributed by atoms with Gasteiger partial charge in [0.1, 0.15) is 5.82 Å². The first-order valence-electron chi connectivity index (χ1n) is 7.92. The fourth-order valence-electron chi connectivity index (χ4n) is 2.75. The second kappa shape index (κ2) is 6.25. The first kappa shape index (κ1) is 15.7. The quantitative estimate of drug-likeness (QED) is 0.676. The molecule has 3 aromatic rings. The van der Waals surface area contributed by atoms with Crippen LogP contribution in [-0.4, -0.2) is 27.5 Å². The van der Waals surface area contributed by atoms with Crippen molar-refractivity contribution in [3.8, 4) is 0 Å². The summed E-state index contributed by atoms with van der Waals surface area (Å²) < 4.78 is 0. The van der Waals surface area contributed by atoms with E-state index in [0.717, 1.165) is 15.9 Å². The van der Waals surface area contributed by atoms with Gasteiger partial charge >= 0.3 is 0 Å². The van der Waals surface area contributed by atoms with Crippen molar-refractivity contribution < 1.29 is 9.59 Å². The lowest BCUT2D eigenvalue weighted by Crippen LogP contribution is -2.27. The molecule has 0 bridgehead atoms. The van der Waals surface area contributed by atoms with E-state index in [0.29, 0.717) is 22.8 Å². The summed E-state index contributed by atoms with van der Waals surface area (Å²) >= 11 is 1.47. The monoisotopic (exact) mass is 352 g/mol. The van der Waals surface area contributed by atoms with Crippen LogP contribution in [0, 0.1) is 0 Å². The number of aromatic amines is 1. The smallest absolute Gasteiger partial charge is 0.251 e. The van der Waals surface area contributed by atoms with Crippen molar-refractivity contribution >= 4 is 40.3 Å². The Morgan fingerprint density at radius 2 is 2.12 bits per heavy atom. The molecular weight excluding hydrogens is 336 g/mol. The van der Waals surface area contributed by atoms with Gasteiger partial charge in [0.25, 0.3) is 5.91 Å². The Morgan fingerprint density at radius 1 is 1.28 bits per heavy atom. The number of carbonyl (C=O) groups excluding carboxylic acids is 2. The predicted molar refractivity (Wildman–Crippen MR) is 97.8 cm³/mol. The Kier molecular flexibility index (Phi) is 3.93. The van der Waals surface area contributed by atoms with E-state index in [1.54, 1.807) is 12.1 Å². The average molecular weight is 352 g/mol. The molecule has 2 aromatic carbocycles. The van der Waals surface area contributed by atoms with E-state index < -0.39 is 0 Å². The van der Waals surface area contributed by atoms with Crippen LogP contribution in [0.25, 0.3) is 11.0 Å². The number of fused-ring (bicyclic) bond motifs is 2. The summed E-state index contributed by atoms with van der Waals surface area (Å²) in [5, 5.41) is 5.74. The van der Waals surface area contributed by atoms with E-state index in [-0.39, 0.29) is 17.9 Å². The summed E-state index contributed by atoms with van der Waals surface area (Å²) in [4.78, 5) is 32.8. The van der Waals surface area contributed by atoms with E-state index >= 15 is 0 Å². The highest BCUT2D eigenvalue weighted by molar-refractivity contribution is 8.00. The number of rotatable bonds is 3. The molecule has 1 aliphatic rings. The zero-order chi connectivity index (χ0) is 17.4. The van der Waals surface area contributed by atoms with Crippen LogP contribution in [0.1, 0.15) is 29.1 Å². The minimum absolute atomic E-state index is 0.0503. The number of amides is 2. The zero-order valence-corrected chi connectivity index (χ0v) is 14.3. The molecule has 0 spiro atoms. The van der Waals surface area contributed by atoms with Gasteiger partial charge in [0.05, 0.1) is 28.5 Å². The predicted octanol–water partition coefficient (Wildman–Crippen LogP) is 3.10. The van der Waals surface area contributed by atoms with Crippen LogP contribution in [0.5, 0.6) is 0 Å². The van der Waals surface area contributed by atoms with Gasteiger partial charge in [-0.15, -0.1) is 11.8 Å². The summed E-state index contributed by atoms with van der Waals surface area (Å²) in [6.45, 7) is 1.88. The van der Waals surface area contributed by atoms with Crippen LogP contribution in [0.2, 0.25) is 0 Å². The molecule has 126 valence electrons. The van der Waals surface area contributed by atoms with Gasteiger partial charge in [-0.3, -0.25) is 9.59 Å². The van der Waals surface area contributed by atoms with Crippen molar-refractivity contribution in [3.05, 3.63) is 53.9 Å². The molecule has 1 unspecified atom stereocenters. The summed E-state index contributed by atoms with van der Waals surface area (Å²) in [5.74, 6) is 0.851.